The topological polar surface area (TPSA) is 48.7 Å². The van der Waals surface area contributed by atoms with E-state index in [0.29, 0.717) is 18.1 Å². The third kappa shape index (κ3) is 3.23. The average Bonchev–Trinajstić information content (AvgIpc) is 2.83. The number of aryl methyl sites for hydroxylation is 2. The quantitative estimate of drug-likeness (QED) is 0.625. The van der Waals surface area contributed by atoms with Crippen LogP contribution >= 0.6 is 0 Å². The van der Waals surface area contributed by atoms with Crippen LogP contribution in [0.1, 0.15) is 27.4 Å². The molecule has 0 bridgehead atoms. The average molecular weight is 260 g/mol. The largest absolute Gasteiger partial charge is 0.452 e. The van der Waals surface area contributed by atoms with Crippen molar-refractivity contribution in [1.29, 1.82) is 0 Å². The third-order valence-corrected chi connectivity index (χ3v) is 2.70. The van der Waals surface area contributed by atoms with E-state index in [0.717, 1.165) is 11.1 Å². The van der Waals surface area contributed by atoms with Crippen molar-refractivity contribution < 1.29 is 18.7 Å². The fourth-order valence-electron chi connectivity index (χ4n) is 1.67. The first-order valence-corrected chi connectivity index (χ1v) is 5.97. The number of carbonyl (C=O) groups is 1. The number of ether oxygens (including phenoxy) is 2. The molecule has 0 N–H and O–H groups in total. The first kappa shape index (κ1) is 13.4. The molecule has 100 valence electrons. The van der Waals surface area contributed by atoms with Crippen LogP contribution in [0.15, 0.2) is 34.7 Å². The van der Waals surface area contributed by atoms with Crippen molar-refractivity contribution in [3.63, 3.8) is 0 Å². The number of benzene rings is 1. The molecule has 0 radical (unpaired) electrons. The zero-order valence-electron chi connectivity index (χ0n) is 11.2. The molecule has 0 aliphatic heterocycles. The summed E-state index contributed by atoms with van der Waals surface area (Å²) in [5.41, 5.74) is 1.94. The van der Waals surface area contributed by atoms with Crippen molar-refractivity contribution in [2.75, 3.05) is 7.11 Å². The Morgan fingerprint density at radius 3 is 2.74 bits per heavy atom. The molecular weight excluding hydrogens is 244 g/mol. The van der Waals surface area contributed by atoms with Crippen LogP contribution in [0.25, 0.3) is 0 Å². The van der Waals surface area contributed by atoms with Gasteiger partial charge in [0, 0.05) is 7.11 Å². The number of hydrogen-bond donors (Lipinski definition) is 0. The van der Waals surface area contributed by atoms with Gasteiger partial charge in [0.05, 0.1) is 0 Å². The molecule has 1 heterocycles. The van der Waals surface area contributed by atoms with Crippen LogP contribution in [0.5, 0.6) is 5.75 Å². The summed E-state index contributed by atoms with van der Waals surface area (Å²) in [6.45, 7) is 4.16. The fraction of sp³-hybridized carbons (Fsp3) is 0.267. The molecule has 0 unspecified atom stereocenters. The molecule has 4 nitrogen and oxygen atoms in total. The highest BCUT2D eigenvalue weighted by atomic mass is 16.5. The van der Waals surface area contributed by atoms with E-state index in [9.17, 15) is 4.79 Å². The lowest BCUT2D eigenvalue weighted by atomic mass is 10.1. The van der Waals surface area contributed by atoms with Crippen molar-refractivity contribution in [2.24, 2.45) is 0 Å². The molecule has 1 aromatic carbocycles. The van der Waals surface area contributed by atoms with Crippen LogP contribution in [-0.4, -0.2) is 13.1 Å². The highest BCUT2D eigenvalue weighted by Crippen LogP contribution is 2.21. The summed E-state index contributed by atoms with van der Waals surface area (Å²) in [4.78, 5) is 11.9. The summed E-state index contributed by atoms with van der Waals surface area (Å²) in [6.07, 6.45) is 0. The molecule has 0 spiro atoms. The predicted molar refractivity (Wildman–Crippen MR) is 70.3 cm³/mol. The molecule has 2 aromatic rings. The van der Waals surface area contributed by atoms with E-state index in [1.165, 1.54) is 0 Å². The Balaban J connectivity index is 2.13. The summed E-state index contributed by atoms with van der Waals surface area (Å²) in [7, 11) is 1.57. The van der Waals surface area contributed by atoms with Gasteiger partial charge in [0.15, 0.2) is 0 Å². The van der Waals surface area contributed by atoms with Crippen molar-refractivity contribution in [3.05, 3.63) is 53.0 Å². The molecule has 4 heteroatoms. The maximum Gasteiger partial charge on any atom is 0.379 e. The van der Waals surface area contributed by atoms with Gasteiger partial charge in [-0.1, -0.05) is 12.1 Å². The first-order chi connectivity index (χ1) is 9.10. The van der Waals surface area contributed by atoms with Gasteiger partial charge in [-0.25, -0.2) is 4.79 Å². The Labute approximate surface area is 111 Å². The van der Waals surface area contributed by atoms with Crippen LogP contribution in [0, 0.1) is 13.8 Å². The minimum atomic E-state index is -0.504. The number of methoxy groups -OCH3 is 1. The minimum absolute atomic E-state index is 0.174. The van der Waals surface area contributed by atoms with Crippen LogP contribution in [0.4, 0.5) is 0 Å². The summed E-state index contributed by atoms with van der Waals surface area (Å²) < 4.78 is 15.6. The smallest absolute Gasteiger partial charge is 0.379 e. The molecule has 1 aromatic heterocycles. The van der Waals surface area contributed by atoms with E-state index >= 15 is 0 Å². The van der Waals surface area contributed by atoms with E-state index in [-0.39, 0.29) is 5.76 Å². The van der Waals surface area contributed by atoms with E-state index in [1.807, 2.05) is 32.0 Å². The van der Waals surface area contributed by atoms with Crippen molar-refractivity contribution >= 4 is 5.97 Å². The van der Waals surface area contributed by atoms with Crippen LogP contribution in [0.2, 0.25) is 0 Å². The Morgan fingerprint density at radius 1 is 1.21 bits per heavy atom. The molecule has 2 rings (SSSR count). The van der Waals surface area contributed by atoms with Crippen LogP contribution < -0.4 is 4.74 Å². The van der Waals surface area contributed by atoms with Gasteiger partial charge >= 0.3 is 5.97 Å². The molecule has 0 atom stereocenters. The minimum Gasteiger partial charge on any atom is -0.452 e. The lowest BCUT2D eigenvalue weighted by Gasteiger charge is -2.06. The predicted octanol–water partition coefficient (Wildman–Crippen LogP) is 3.26. The van der Waals surface area contributed by atoms with Gasteiger partial charge in [-0.05, 0) is 43.2 Å². The second kappa shape index (κ2) is 5.71. The third-order valence-electron chi connectivity index (χ3n) is 2.70. The van der Waals surface area contributed by atoms with E-state index < -0.39 is 5.97 Å². The Morgan fingerprint density at radius 2 is 2.00 bits per heavy atom. The highest BCUT2D eigenvalue weighted by Gasteiger charge is 2.15. The normalized spacial score (nSPS) is 10.5. The number of carbonyl (C=O) groups excluding carboxylic acids is 1. The number of hydrogen-bond acceptors (Lipinski definition) is 4. The monoisotopic (exact) mass is 260 g/mol. The van der Waals surface area contributed by atoms with Gasteiger partial charge in [-0.3, -0.25) is 0 Å². The lowest BCUT2D eigenvalue weighted by molar-refractivity contribution is 0.0692. The van der Waals surface area contributed by atoms with E-state index in [2.05, 4.69) is 0 Å². The SMILES string of the molecule is COCc1ccc(C(=O)Oc2cc(C)ccc2C)o1. The summed E-state index contributed by atoms with van der Waals surface area (Å²) in [6, 6.07) is 8.99. The van der Waals surface area contributed by atoms with Crippen molar-refractivity contribution in [1.82, 2.24) is 0 Å². The fourth-order valence-corrected chi connectivity index (χ4v) is 1.67. The van der Waals surface area contributed by atoms with Gasteiger partial charge in [-0.15, -0.1) is 0 Å². The number of furan rings is 1. The Bertz CT molecular complexity index is 584. The van der Waals surface area contributed by atoms with E-state index in [4.69, 9.17) is 13.9 Å². The maximum absolute atomic E-state index is 11.9. The molecule has 0 aliphatic carbocycles. The summed E-state index contributed by atoms with van der Waals surface area (Å²) in [5.74, 6) is 0.814. The zero-order chi connectivity index (χ0) is 13.8. The highest BCUT2D eigenvalue weighted by molar-refractivity contribution is 5.88. The second-order valence-corrected chi connectivity index (χ2v) is 4.36. The molecule has 19 heavy (non-hydrogen) atoms. The number of rotatable bonds is 4. The number of esters is 1. The van der Waals surface area contributed by atoms with Crippen molar-refractivity contribution in [3.8, 4) is 5.75 Å². The first-order valence-electron chi connectivity index (χ1n) is 5.97. The van der Waals surface area contributed by atoms with Crippen molar-refractivity contribution in [2.45, 2.75) is 20.5 Å². The summed E-state index contributed by atoms with van der Waals surface area (Å²) in [5, 5.41) is 0. The zero-order valence-corrected chi connectivity index (χ0v) is 11.2. The Hall–Kier alpha value is -2.07. The van der Waals surface area contributed by atoms with Gasteiger partial charge in [-0.2, -0.15) is 0 Å². The van der Waals surface area contributed by atoms with Crippen LogP contribution in [-0.2, 0) is 11.3 Å². The molecular formula is C15H16O4. The maximum atomic E-state index is 11.9. The molecule has 0 aliphatic rings. The molecule has 0 amide bonds. The molecule has 0 saturated heterocycles. The lowest BCUT2D eigenvalue weighted by Crippen LogP contribution is -2.08. The Kier molecular flexibility index (Phi) is 4.02. The standard InChI is InChI=1S/C15H16O4/c1-10-4-5-11(2)14(8-10)19-15(16)13-7-6-12(18-13)9-17-3/h4-8H,9H2,1-3H3. The molecule has 0 fully saturated rings. The van der Waals surface area contributed by atoms with Gasteiger partial charge in [0.1, 0.15) is 18.1 Å². The molecule has 0 saturated carbocycles. The van der Waals surface area contributed by atoms with Gasteiger partial charge < -0.3 is 13.9 Å². The van der Waals surface area contributed by atoms with E-state index in [1.54, 1.807) is 19.2 Å². The second-order valence-electron chi connectivity index (χ2n) is 4.36. The van der Waals surface area contributed by atoms with Gasteiger partial charge in [0.25, 0.3) is 0 Å². The van der Waals surface area contributed by atoms with Crippen LogP contribution in [0.3, 0.4) is 0 Å². The van der Waals surface area contributed by atoms with Gasteiger partial charge in [0.2, 0.25) is 5.76 Å². The summed E-state index contributed by atoms with van der Waals surface area (Å²) >= 11 is 0.